The number of rotatable bonds is 5. The van der Waals surface area contributed by atoms with E-state index in [0.717, 1.165) is 4.57 Å². The van der Waals surface area contributed by atoms with E-state index < -0.39 is 37.5 Å². The summed E-state index contributed by atoms with van der Waals surface area (Å²) in [5.41, 5.74) is 12.5. The van der Waals surface area contributed by atoms with Crippen molar-refractivity contribution < 1.29 is 22.9 Å². The van der Waals surface area contributed by atoms with Crippen LogP contribution in [0.2, 0.25) is 0 Å². The highest BCUT2D eigenvalue weighted by atomic mass is 31.2. The van der Waals surface area contributed by atoms with Gasteiger partial charge in [-0.3, -0.25) is 18.1 Å². The van der Waals surface area contributed by atoms with Gasteiger partial charge in [-0.25, -0.2) is 9.36 Å². The number of anilines is 1. The van der Waals surface area contributed by atoms with Crippen LogP contribution in [0.3, 0.4) is 0 Å². The first-order valence-corrected chi connectivity index (χ1v) is 9.43. The minimum absolute atomic E-state index is 0.0456. The first-order valence-electron chi connectivity index (χ1n) is 7.97. The lowest BCUT2D eigenvalue weighted by Gasteiger charge is -2.35. The van der Waals surface area contributed by atoms with E-state index in [4.69, 9.17) is 29.6 Å². The number of azide groups is 1. The molecule has 3 rings (SSSR count). The molecule has 0 aromatic carbocycles. The average Bonchev–Trinajstić information content (AvgIpc) is 2.86. The molecular formula is C13H19N6O6P. The lowest BCUT2D eigenvalue weighted by Crippen LogP contribution is -2.47. The lowest BCUT2D eigenvalue weighted by molar-refractivity contribution is -0.0722. The van der Waals surface area contributed by atoms with Crippen molar-refractivity contribution in [3.05, 3.63) is 33.2 Å². The molecule has 142 valence electrons. The molecule has 3 heterocycles. The molecule has 0 spiro atoms. The number of nitrogens with zero attached hydrogens (tertiary/aromatic N) is 5. The molecule has 2 N–H and O–H groups in total. The van der Waals surface area contributed by atoms with Crippen molar-refractivity contribution >= 4 is 13.6 Å². The van der Waals surface area contributed by atoms with E-state index in [1.54, 1.807) is 6.92 Å². The molecule has 0 bridgehead atoms. The van der Waals surface area contributed by atoms with Gasteiger partial charge in [0, 0.05) is 11.1 Å². The molecule has 2 saturated heterocycles. The summed E-state index contributed by atoms with van der Waals surface area (Å²) in [7, 11) is -3.83. The number of phosphoric ester groups is 1. The fourth-order valence-electron chi connectivity index (χ4n) is 2.95. The Balaban J connectivity index is 1.98. The predicted octanol–water partition coefficient (Wildman–Crippen LogP) is 1.74. The first-order chi connectivity index (χ1) is 12.3. The Bertz CT molecular complexity index is 841. The van der Waals surface area contributed by atoms with Crippen LogP contribution in [0.5, 0.6) is 0 Å². The molecule has 26 heavy (non-hydrogen) atoms. The quantitative estimate of drug-likeness (QED) is 0.346. The van der Waals surface area contributed by atoms with Crippen LogP contribution in [0.15, 0.2) is 22.2 Å². The van der Waals surface area contributed by atoms with Crippen molar-refractivity contribution in [3.8, 4) is 0 Å². The Morgan fingerprint density at radius 2 is 2.42 bits per heavy atom. The second-order valence-electron chi connectivity index (χ2n) is 6.09. The van der Waals surface area contributed by atoms with E-state index in [0.29, 0.717) is 6.42 Å². The third-order valence-electron chi connectivity index (χ3n) is 4.17. The minimum Gasteiger partial charge on any atom is -0.383 e. The number of ether oxygens (including phenoxy) is 1. The van der Waals surface area contributed by atoms with Crippen LogP contribution in [0.1, 0.15) is 26.5 Å². The highest BCUT2D eigenvalue weighted by Crippen LogP contribution is 2.59. The zero-order valence-electron chi connectivity index (χ0n) is 14.2. The largest absolute Gasteiger partial charge is 0.475 e. The van der Waals surface area contributed by atoms with Crippen LogP contribution in [0.25, 0.3) is 10.4 Å². The fraction of sp³-hybridized carbons (Fsp3) is 0.692. The maximum absolute atomic E-state index is 12.6. The van der Waals surface area contributed by atoms with Crippen molar-refractivity contribution in [2.24, 2.45) is 5.11 Å². The summed E-state index contributed by atoms with van der Waals surface area (Å²) in [6.45, 7) is 3.47. The monoisotopic (exact) mass is 386 g/mol. The van der Waals surface area contributed by atoms with Gasteiger partial charge in [0.1, 0.15) is 23.6 Å². The van der Waals surface area contributed by atoms with E-state index >= 15 is 0 Å². The maximum Gasteiger partial charge on any atom is 0.475 e. The molecule has 13 heteroatoms. The molecule has 1 unspecified atom stereocenters. The Morgan fingerprint density at radius 1 is 1.65 bits per heavy atom. The zero-order chi connectivity index (χ0) is 18.9. The summed E-state index contributed by atoms with van der Waals surface area (Å²) < 4.78 is 35.6. The van der Waals surface area contributed by atoms with E-state index in [-0.39, 0.29) is 19.0 Å². The molecule has 0 aliphatic carbocycles. The van der Waals surface area contributed by atoms with Crippen LogP contribution in [-0.2, 0) is 22.9 Å². The number of nitrogens with two attached hydrogens (primary N) is 1. The first kappa shape index (κ1) is 18.8. The molecule has 5 atom stereocenters. The predicted molar refractivity (Wildman–Crippen MR) is 89.0 cm³/mol. The van der Waals surface area contributed by atoms with Gasteiger partial charge in [0.15, 0.2) is 6.23 Å². The van der Waals surface area contributed by atoms with Crippen LogP contribution in [0.4, 0.5) is 5.82 Å². The lowest BCUT2D eigenvalue weighted by atomic mass is 9.93. The summed E-state index contributed by atoms with van der Waals surface area (Å²) in [5.74, 6) is 0.0456. The van der Waals surface area contributed by atoms with E-state index in [2.05, 4.69) is 15.0 Å². The van der Waals surface area contributed by atoms with E-state index in [1.165, 1.54) is 12.3 Å². The summed E-state index contributed by atoms with van der Waals surface area (Å²) >= 11 is 0. The van der Waals surface area contributed by atoms with Crippen molar-refractivity contribution in [1.82, 2.24) is 9.55 Å². The van der Waals surface area contributed by atoms with Gasteiger partial charge in [-0.15, -0.1) is 0 Å². The Kier molecular flexibility index (Phi) is 5.07. The standard InChI is InChI=1S/C13H19N6O6P/c1-3-6-22-26(21)23-7-8-10(25-26)13(2,17-18-15)11(24-8)19-5-4-9(14)16-12(19)20/h4-5,8,10-11H,3,6-7H2,1-2H3,(H2,14,16,20)/t8-,10-,11-,13-,26?/m1/s1. The summed E-state index contributed by atoms with van der Waals surface area (Å²) in [6, 6.07) is 1.41. The summed E-state index contributed by atoms with van der Waals surface area (Å²) in [6.07, 6.45) is -0.706. The zero-order valence-corrected chi connectivity index (χ0v) is 15.1. The Morgan fingerprint density at radius 3 is 3.08 bits per heavy atom. The van der Waals surface area contributed by atoms with Crippen LogP contribution in [0, 0.1) is 0 Å². The van der Waals surface area contributed by atoms with Crippen molar-refractivity contribution in [2.75, 3.05) is 18.9 Å². The smallest absolute Gasteiger partial charge is 0.383 e. The molecule has 1 aromatic rings. The Labute approximate surface area is 148 Å². The molecule has 2 fully saturated rings. The molecule has 2 aliphatic rings. The van der Waals surface area contributed by atoms with Gasteiger partial charge in [0.05, 0.1) is 13.2 Å². The van der Waals surface area contributed by atoms with Crippen LogP contribution >= 0.6 is 7.82 Å². The van der Waals surface area contributed by atoms with Crippen molar-refractivity contribution in [1.29, 1.82) is 0 Å². The molecule has 1 aromatic heterocycles. The highest BCUT2D eigenvalue weighted by molar-refractivity contribution is 7.48. The Hall–Kier alpha value is -1.94. The molecule has 0 radical (unpaired) electrons. The maximum atomic E-state index is 12.6. The van der Waals surface area contributed by atoms with Crippen LogP contribution in [-0.4, -0.2) is 40.5 Å². The van der Waals surface area contributed by atoms with E-state index in [9.17, 15) is 9.36 Å². The number of phosphoric acid groups is 1. The molecule has 12 nitrogen and oxygen atoms in total. The molecular weight excluding hydrogens is 367 g/mol. The topological polar surface area (TPSA) is 164 Å². The van der Waals surface area contributed by atoms with Crippen molar-refractivity contribution in [2.45, 2.75) is 44.2 Å². The number of hydrogen-bond acceptors (Lipinski definition) is 9. The number of nitrogen functional groups attached to an aromatic ring is 1. The minimum atomic E-state index is -3.83. The SMILES string of the molecule is CCCOP1(=O)OC[C@H]2O[C@@H](n3ccc(N)nc3=O)[C@](C)(N=[N+]=[N-])[C@@H]2O1. The second kappa shape index (κ2) is 6.99. The number of hydrogen-bond donors (Lipinski definition) is 1. The summed E-state index contributed by atoms with van der Waals surface area (Å²) in [4.78, 5) is 18.7. The van der Waals surface area contributed by atoms with Gasteiger partial charge in [0.25, 0.3) is 0 Å². The normalized spacial score (nSPS) is 36.3. The van der Waals surface area contributed by atoms with Gasteiger partial charge in [0.2, 0.25) is 0 Å². The van der Waals surface area contributed by atoms with Gasteiger partial charge in [-0.05, 0) is 24.9 Å². The van der Waals surface area contributed by atoms with Crippen molar-refractivity contribution in [3.63, 3.8) is 0 Å². The highest BCUT2D eigenvalue weighted by Gasteiger charge is 2.60. The van der Waals surface area contributed by atoms with Gasteiger partial charge in [-0.2, -0.15) is 4.98 Å². The molecule has 0 amide bonds. The van der Waals surface area contributed by atoms with Gasteiger partial charge < -0.3 is 10.5 Å². The third kappa shape index (κ3) is 3.23. The molecule has 0 saturated carbocycles. The van der Waals surface area contributed by atoms with Crippen LogP contribution < -0.4 is 11.4 Å². The number of aromatic nitrogens is 2. The number of fused-ring (bicyclic) bond motifs is 1. The second-order valence-corrected chi connectivity index (χ2v) is 7.71. The summed E-state index contributed by atoms with van der Waals surface area (Å²) in [5, 5.41) is 3.79. The van der Waals surface area contributed by atoms with Gasteiger partial charge in [-0.1, -0.05) is 12.0 Å². The average molecular weight is 386 g/mol. The molecule has 2 aliphatic heterocycles. The van der Waals surface area contributed by atoms with Gasteiger partial charge >= 0.3 is 13.5 Å². The van der Waals surface area contributed by atoms with E-state index in [1.807, 2.05) is 6.92 Å². The third-order valence-corrected chi connectivity index (χ3v) is 5.62. The fourth-order valence-corrected chi connectivity index (χ4v) is 4.51.